The highest BCUT2D eigenvalue weighted by atomic mass is 79.9. The molecule has 0 atom stereocenters. The van der Waals surface area contributed by atoms with Crippen LogP contribution in [-0.4, -0.2) is 17.6 Å². The summed E-state index contributed by atoms with van der Waals surface area (Å²) in [6.07, 6.45) is -4.19. The van der Waals surface area contributed by atoms with E-state index in [2.05, 4.69) is 21.1 Å². The first-order valence-electron chi connectivity index (χ1n) is 3.95. The molecular formula is C9H7BrF3NO. The fourth-order valence-corrected chi connectivity index (χ4v) is 1.48. The molecule has 0 spiro atoms. The predicted molar refractivity (Wildman–Crippen MR) is 53.3 cm³/mol. The lowest BCUT2D eigenvalue weighted by molar-refractivity contribution is -0.127. The molecule has 2 nitrogen and oxygen atoms in total. The average Bonchev–Trinajstić information content (AvgIpc) is 2.09. The van der Waals surface area contributed by atoms with Crippen molar-refractivity contribution in [3.05, 3.63) is 33.8 Å². The van der Waals surface area contributed by atoms with E-state index in [4.69, 9.17) is 5.21 Å². The Labute approximate surface area is 92.5 Å². The number of rotatable bonds is 2. The Bertz CT molecular complexity index is 376. The zero-order valence-corrected chi connectivity index (χ0v) is 9.01. The van der Waals surface area contributed by atoms with Crippen LogP contribution in [0.4, 0.5) is 13.2 Å². The van der Waals surface area contributed by atoms with Crippen LogP contribution < -0.4 is 0 Å². The van der Waals surface area contributed by atoms with Crippen molar-refractivity contribution in [2.75, 3.05) is 0 Å². The van der Waals surface area contributed by atoms with Crippen molar-refractivity contribution in [1.82, 2.24) is 0 Å². The summed E-state index contributed by atoms with van der Waals surface area (Å²) in [6.45, 7) is 0. The van der Waals surface area contributed by atoms with Crippen LogP contribution in [0, 0.1) is 0 Å². The molecule has 82 valence electrons. The molecule has 0 aliphatic heterocycles. The SMILES string of the molecule is O/N=C/c1ccc(Br)c(CC(F)(F)F)c1. The summed E-state index contributed by atoms with van der Waals surface area (Å²) in [7, 11) is 0. The Morgan fingerprint density at radius 3 is 2.60 bits per heavy atom. The van der Waals surface area contributed by atoms with Gasteiger partial charge in [0.25, 0.3) is 0 Å². The van der Waals surface area contributed by atoms with Gasteiger partial charge >= 0.3 is 6.18 Å². The molecule has 0 radical (unpaired) electrons. The molecule has 6 heteroatoms. The second kappa shape index (κ2) is 4.65. The van der Waals surface area contributed by atoms with E-state index in [1.54, 1.807) is 6.07 Å². The van der Waals surface area contributed by atoms with Crippen LogP contribution >= 0.6 is 15.9 Å². The Hall–Kier alpha value is -1.04. The number of oxime groups is 1. The lowest BCUT2D eigenvalue weighted by Gasteiger charge is -2.08. The Kier molecular flexibility index (Phi) is 3.73. The highest BCUT2D eigenvalue weighted by Crippen LogP contribution is 2.26. The summed E-state index contributed by atoms with van der Waals surface area (Å²) in [5, 5.41) is 11.0. The maximum absolute atomic E-state index is 12.1. The smallest absolute Gasteiger partial charge is 0.393 e. The maximum atomic E-state index is 12.1. The van der Waals surface area contributed by atoms with Crippen LogP contribution in [0.25, 0.3) is 0 Å². The van der Waals surface area contributed by atoms with Gasteiger partial charge in [-0.25, -0.2) is 0 Å². The Morgan fingerprint density at radius 1 is 1.40 bits per heavy atom. The van der Waals surface area contributed by atoms with Crippen molar-refractivity contribution in [2.45, 2.75) is 12.6 Å². The highest BCUT2D eigenvalue weighted by molar-refractivity contribution is 9.10. The molecule has 0 aliphatic rings. The average molecular weight is 282 g/mol. The van der Waals surface area contributed by atoms with E-state index in [1.165, 1.54) is 12.1 Å². The first kappa shape index (κ1) is 12.0. The van der Waals surface area contributed by atoms with Gasteiger partial charge in [0.15, 0.2) is 0 Å². The minimum Gasteiger partial charge on any atom is -0.411 e. The fraction of sp³-hybridized carbons (Fsp3) is 0.222. The minimum atomic E-state index is -4.25. The number of halogens is 4. The van der Waals surface area contributed by atoms with Crippen molar-refractivity contribution in [3.8, 4) is 0 Å². The molecule has 0 aliphatic carbocycles. The minimum absolute atomic E-state index is 0.111. The van der Waals surface area contributed by atoms with Crippen LogP contribution in [0.1, 0.15) is 11.1 Å². The molecule has 1 aromatic carbocycles. The highest BCUT2D eigenvalue weighted by Gasteiger charge is 2.28. The van der Waals surface area contributed by atoms with Gasteiger partial charge < -0.3 is 5.21 Å². The van der Waals surface area contributed by atoms with Crippen LogP contribution in [-0.2, 0) is 6.42 Å². The molecule has 0 amide bonds. The third-order valence-corrected chi connectivity index (χ3v) is 2.44. The molecule has 0 unspecified atom stereocenters. The van der Waals surface area contributed by atoms with Crippen LogP contribution in [0.15, 0.2) is 27.8 Å². The summed E-state index contributed by atoms with van der Waals surface area (Å²) >= 11 is 3.03. The summed E-state index contributed by atoms with van der Waals surface area (Å²) in [4.78, 5) is 0. The first-order chi connectivity index (χ1) is 6.92. The van der Waals surface area contributed by atoms with Crippen molar-refractivity contribution < 1.29 is 18.4 Å². The quantitative estimate of drug-likeness (QED) is 0.503. The maximum Gasteiger partial charge on any atom is 0.393 e. The molecule has 0 saturated heterocycles. The monoisotopic (exact) mass is 281 g/mol. The lowest BCUT2D eigenvalue weighted by atomic mass is 10.1. The molecule has 0 bridgehead atoms. The molecule has 1 aromatic rings. The van der Waals surface area contributed by atoms with Gasteiger partial charge in [0.05, 0.1) is 12.6 Å². The van der Waals surface area contributed by atoms with E-state index in [-0.39, 0.29) is 5.56 Å². The molecule has 0 heterocycles. The van der Waals surface area contributed by atoms with Crippen molar-refractivity contribution >= 4 is 22.1 Å². The summed E-state index contributed by atoms with van der Waals surface area (Å²) in [5.74, 6) is 0. The topological polar surface area (TPSA) is 32.6 Å². The van der Waals surface area contributed by atoms with Crippen molar-refractivity contribution in [1.29, 1.82) is 0 Å². The van der Waals surface area contributed by atoms with Gasteiger partial charge in [-0.15, -0.1) is 0 Å². The standard InChI is InChI=1S/C9H7BrF3NO/c10-8-2-1-6(5-14-15)3-7(8)4-9(11,12)13/h1-3,5,15H,4H2/b14-5+. The largest absolute Gasteiger partial charge is 0.411 e. The summed E-state index contributed by atoms with van der Waals surface area (Å²) in [5.41, 5.74) is 0.528. The molecular weight excluding hydrogens is 275 g/mol. The third kappa shape index (κ3) is 3.91. The second-order valence-electron chi connectivity index (χ2n) is 2.89. The van der Waals surface area contributed by atoms with Gasteiger partial charge in [-0.05, 0) is 23.3 Å². The Morgan fingerprint density at radius 2 is 2.07 bits per heavy atom. The first-order valence-corrected chi connectivity index (χ1v) is 4.74. The van der Waals surface area contributed by atoms with Gasteiger partial charge in [-0.3, -0.25) is 0 Å². The number of alkyl halides is 3. The summed E-state index contributed by atoms with van der Waals surface area (Å²) in [6, 6.07) is 4.35. The predicted octanol–water partition coefficient (Wildman–Crippen LogP) is 3.36. The fourth-order valence-electron chi connectivity index (χ4n) is 1.09. The molecule has 0 saturated carbocycles. The number of nitrogens with zero attached hydrogens (tertiary/aromatic N) is 1. The van der Waals surface area contributed by atoms with E-state index >= 15 is 0 Å². The van der Waals surface area contributed by atoms with E-state index in [1.807, 2.05) is 0 Å². The molecule has 0 fully saturated rings. The summed E-state index contributed by atoms with van der Waals surface area (Å²) < 4.78 is 36.8. The van der Waals surface area contributed by atoms with Crippen molar-refractivity contribution in [3.63, 3.8) is 0 Å². The normalized spacial score (nSPS) is 12.3. The van der Waals surface area contributed by atoms with Gasteiger partial charge in [0.1, 0.15) is 0 Å². The van der Waals surface area contributed by atoms with E-state index in [0.717, 1.165) is 6.21 Å². The van der Waals surface area contributed by atoms with Crippen LogP contribution in [0.5, 0.6) is 0 Å². The molecule has 1 N–H and O–H groups in total. The van der Waals surface area contributed by atoms with Gasteiger partial charge in [-0.1, -0.05) is 27.2 Å². The number of hydrogen-bond donors (Lipinski definition) is 1. The van der Waals surface area contributed by atoms with Gasteiger partial charge in [-0.2, -0.15) is 13.2 Å². The van der Waals surface area contributed by atoms with E-state index in [9.17, 15) is 13.2 Å². The zero-order valence-electron chi connectivity index (χ0n) is 7.42. The van der Waals surface area contributed by atoms with Crippen molar-refractivity contribution in [2.24, 2.45) is 5.16 Å². The molecule has 0 aromatic heterocycles. The number of hydrogen-bond acceptors (Lipinski definition) is 2. The van der Waals surface area contributed by atoms with Crippen LogP contribution in [0.3, 0.4) is 0 Å². The second-order valence-corrected chi connectivity index (χ2v) is 3.74. The molecule has 15 heavy (non-hydrogen) atoms. The van der Waals surface area contributed by atoms with E-state index in [0.29, 0.717) is 10.0 Å². The Balaban J connectivity index is 3.00. The number of benzene rings is 1. The molecule has 1 rings (SSSR count). The van der Waals surface area contributed by atoms with Crippen LogP contribution in [0.2, 0.25) is 0 Å². The lowest BCUT2D eigenvalue weighted by Crippen LogP contribution is -2.12. The zero-order chi connectivity index (χ0) is 11.5. The van der Waals surface area contributed by atoms with E-state index < -0.39 is 12.6 Å². The van der Waals surface area contributed by atoms with Gasteiger partial charge in [0.2, 0.25) is 0 Å². The van der Waals surface area contributed by atoms with Gasteiger partial charge in [0, 0.05) is 4.47 Å². The third-order valence-electron chi connectivity index (χ3n) is 1.67.